The molecule has 11 heteroatoms. The second-order valence-electron chi connectivity index (χ2n) is 9.97. The van der Waals surface area contributed by atoms with E-state index in [-0.39, 0.29) is 31.9 Å². The molecule has 0 N–H and O–H groups in total. The number of hydrogen-bond donors (Lipinski definition) is 0. The van der Waals surface area contributed by atoms with Crippen molar-refractivity contribution in [2.75, 3.05) is 26.3 Å². The Balaban J connectivity index is 1.80. The highest BCUT2D eigenvalue weighted by atomic mass is 16.5. The lowest BCUT2D eigenvalue weighted by Gasteiger charge is -2.31. The van der Waals surface area contributed by atoms with Crippen molar-refractivity contribution < 1.29 is 23.9 Å². The summed E-state index contributed by atoms with van der Waals surface area (Å²) in [7, 11) is 0. The number of carbonyl (C=O) groups excluding carboxylic acids is 3. The fraction of sp³-hybridized carbons (Fsp3) is 0.400. The summed E-state index contributed by atoms with van der Waals surface area (Å²) in [6.45, 7) is 7.87. The molecule has 1 fully saturated rings. The SMILES string of the molecule is CCOC(=O)c1cccc(Cn2c(=O)c(C(=O)N3CCCC(C(=O)OCC)C3)nn(-c3ccc(C)c(C)c3)c2=O)c1. The maximum atomic E-state index is 13.7. The summed E-state index contributed by atoms with van der Waals surface area (Å²) < 4.78 is 12.2. The molecule has 0 radical (unpaired) electrons. The molecule has 0 spiro atoms. The smallest absolute Gasteiger partial charge is 0.352 e. The molecule has 4 rings (SSSR count). The molecular weight excluding hydrogens is 528 g/mol. The third kappa shape index (κ3) is 6.45. The van der Waals surface area contributed by atoms with Gasteiger partial charge in [0.1, 0.15) is 0 Å². The number of ether oxygens (including phenoxy) is 2. The first-order valence-corrected chi connectivity index (χ1v) is 13.7. The van der Waals surface area contributed by atoms with Crippen LogP contribution in [0.4, 0.5) is 0 Å². The van der Waals surface area contributed by atoms with Crippen LogP contribution in [0, 0.1) is 19.8 Å². The number of piperidine rings is 1. The van der Waals surface area contributed by atoms with Crippen LogP contribution in [0.25, 0.3) is 5.69 Å². The zero-order valence-electron chi connectivity index (χ0n) is 23.7. The van der Waals surface area contributed by atoms with Crippen LogP contribution < -0.4 is 11.2 Å². The number of nitrogens with zero attached hydrogens (tertiary/aromatic N) is 4. The van der Waals surface area contributed by atoms with E-state index in [1.807, 2.05) is 19.9 Å². The van der Waals surface area contributed by atoms with Gasteiger partial charge in [0.2, 0.25) is 5.69 Å². The molecule has 2 heterocycles. The van der Waals surface area contributed by atoms with E-state index in [1.165, 1.54) is 4.90 Å². The molecular formula is C30H34N4O7. The first-order chi connectivity index (χ1) is 19.6. The van der Waals surface area contributed by atoms with Crippen molar-refractivity contribution in [3.8, 4) is 5.69 Å². The Morgan fingerprint density at radius 2 is 1.73 bits per heavy atom. The molecule has 1 aliphatic heterocycles. The number of rotatable bonds is 8. The van der Waals surface area contributed by atoms with Crippen molar-refractivity contribution in [1.29, 1.82) is 0 Å². The van der Waals surface area contributed by atoms with Gasteiger partial charge in [-0.3, -0.25) is 19.0 Å². The fourth-order valence-corrected chi connectivity index (χ4v) is 4.77. The summed E-state index contributed by atoms with van der Waals surface area (Å²) in [6.07, 6.45) is 1.13. The molecule has 3 aromatic rings. The Bertz CT molecular complexity index is 1590. The van der Waals surface area contributed by atoms with E-state index in [2.05, 4.69) is 5.10 Å². The number of benzene rings is 2. The highest BCUT2D eigenvalue weighted by molar-refractivity contribution is 5.92. The molecule has 0 saturated carbocycles. The highest BCUT2D eigenvalue weighted by Gasteiger charge is 2.32. The lowest BCUT2D eigenvalue weighted by Crippen LogP contribution is -2.49. The number of amides is 1. The van der Waals surface area contributed by atoms with E-state index in [0.29, 0.717) is 30.6 Å². The van der Waals surface area contributed by atoms with Crippen LogP contribution in [-0.4, -0.2) is 63.4 Å². The van der Waals surface area contributed by atoms with Gasteiger partial charge in [-0.2, -0.15) is 9.78 Å². The lowest BCUT2D eigenvalue weighted by atomic mass is 9.98. The molecule has 1 atom stereocenters. The minimum absolute atomic E-state index is 0.0864. The number of aryl methyl sites for hydroxylation is 2. The predicted octanol–water partition coefficient (Wildman–Crippen LogP) is 2.65. The maximum absolute atomic E-state index is 13.7. The predicted molar refractivity (Wildman–Crippen MR) is 150 cm³/mol. The van der Waals surface area contributed by atoms with Gasteiger partial charge in [-0.05, 0) is 81.5 Å². The van der Waals surface area contributed by atoms with Crippen molar-refractivity contribution in [2.45, 2.75) is 47.1 Å². The molecule has 2 aromatic carbocycles. The van der Waals surface area contributed by atoms with Gasteiger partial charge in [-0.15, -0.1) is 0 Å². The number of hydrogen-bond acceptors (Lipinski definition) is 8. The number of esters is 2. The van der Waals surface area contributed by atoms with Gasteiger partial charge in [-0.1, -0.05) is 18.2 Å². The van der Waals surface area contributed by atoms with Crippen molar-refractivity contribution in [3.63, 3.8) is 0 Å². The van der Waals surface area contributed by atoms with E-state index in [0.717, 1.165) is 20.4 Å². The van der Waals surface area contributed by atoms with Gasteiger partial charge in [-0.25, -0.2) is 9.59 Å². The van der Waals surface area contributed by atoms with E-state index < -0.39 is 40.7 Å². The summed E-state index contributed by atoms with van der Waals surface area (Å²) >= 11 is 0. The molecule has 11 nitrogen and oxygen atoms in total. The Morgan fingerprint density at radius 3 is 2.44 bits per heavy atom. The van der Waals surface area contributed by atoms with Crippen molar-refractivity contribution >= 4 is 17.8 Å². The largest absolute Gasteiger partial charge is 0.466 e. The minimum atomic E-state index is -0.861. The van der Waals surface area contributed by atoms with Crippen LogP contribution >= 0.6 is 0 Å². The van der Waals surface area contributed by atoms with Crippen LogP contribution in [0.2, 0.25) is 0 Å². The zero-order valence-corrected chi connectivity index (χ0v) is 23.7. The normalized spacial score (nSPS) is 14.9. The van der Waals surface area contributed by atoms with Crippen LogP contribution in [0.15, 0.2) is 52.1 Å². The van der Waals surface area contributed by atoms with Gasteiger partial charge in [0.25, 0.3) is 11.5 Å². The Labute approximate surface area is 237 Å². The molecule has 1 amide bonds. The molecule has 0 bridgehead atoms. The first-order valence-electron chi connectivity index (χ1n) is 13.7. The number of carbonyl (C=O) groups is 3. The van der Waals surface area contributed by atoms with Crippen LogP contribution in [-0.2, 0) is 20.8 Å². The second-order valence-corrected chi connectivity index (χ2v) is 9.97. The van der Waals surface area contributed by atoms with Gasteiger partial charge in [0.05, 0.1) is 36.9 Å². The number of likely N-dealkylation sites (tertiary alicyclic amines) is 1. The van der Waals surface area contributed by atoms with Gasteiger partial charge in [0, 0.05) is 13.1 Å². The summed E-state index contributed by atoms with van der Waals surface area (Å²) in [4.78, 5) is 67.1. The molecule has 41 heavy (non-hydrogen) atoms. The lowest BCUT2D eigenvalue weighted by molar-refractivity contribution is -0.149. The fourth-order valence-electron chi connectivity index (χ4n) is 4.77. The first kappa shape index (κ1) is 29.4. The zero-order chi connectivity index (χ0) is 29.7. The summed E-state index contributed by atoms with van der Waals surface area (Å²) in [5.41, 5.74) is 1.03. The van der Waals surface area contributed by atoms with Gasteiger partial charge < -0.3 is 14.4 Å². The second kappa shape index (κ2) is 12.8. The van der Waals surface area contributed by atoms with Gasteiger partial charge >= 0.3 is 17.6 Å². The average Bonchev–Trinajstić information content (AvgIpc) is 2.97. The Morgan fingerprint density at radius 1 is 0.976 bits per heavy atom. The highest BCUT2D eigenvalue weighted by Crippen LogP contribution is 2.19. The topological polar surface area (TPSA) is 130 Å². The average molecular weight is 563 g/mol. The molecule has 1 unspecified atom stereocenters. The van der Waals surface area contributed by atoms with E-state index >= 15 is 0 Å². The summed E-state index contributed by atoms with van der Waals surface area (Å²) in [5.74, 6) is -2.10. The quantitative estimate of drug-likeness (QED) is 0.383. The van der Waals surface area contributed by atoms with Crippen LogP contribution in [0.5, 0.6) is 0 Å². The molecule has 1 aromatic heterocycles. The minimum Gasteiger partial charge on any atom is -0.466 e. The van der Waals surface area contributed by atoms with E-state index in [9.17, 15) is 24.0 Å². The standard InChI is InChI=1S/C30H34N4O7/c1-5-40-28(37)22-10-7-9-21(16-22)17-33-27(36)25(26(35)32-14-8-11-23(18-32)29(38)41-6-2)31-34(30(33)39)24-13-12-19(3)20(4)15-24/h7,9-10,12-13,15-16,23H,5-6,8,11,14,17-18H2,1-4H3. The van der Waals surface area contributed by atoms with Crippen LogP contribution in [0.3, 0.4) is 0 Å². The third-order valence-corrected chi connectivity index (χ3v) is 7.10. The Hall–Kier alpha value is -4.54. The Kier molecular flexibility index (Phi) is 9.16. The van der Waals surface area contributed by atoms with E-state index in [4.69, 9.17) is 9.47 Å². The monoisotopic (exact) mass is 562 g/mol. The number of aromatic nitrogens is 3. The van der Waals surface area contributed by atoms with Crippen molar-refractivity contribution in [2.24, 2.45) is 5.92 Å². The third-order valence-electron chi connectivity index (χ3n) is 7.10. The maximum Gasteiger partial charge on any atom is 0.352 e. The summed E-state index contributed by atoms with van der Waals surface area (Å²) in [6, 6.07) is 11.7. The van der Waals surface area contributed by atoms with Crippen molar-refractivity contribution in [1.82, 2.24) is 19.2 Å². The van der Waals surface area contributed by atoms with Crippen molar-refractivity contribution in [3.05, 3.63) is 91.3 Å². The van der Waals surface area contributed by atoms with Gasteiger partial charge in [0.15, 0.2) is 0 Å². The van der Waals surface area contributed by atoms with Crippen LogP contribution in [0.1, 0.15) is 64.2 Å². The molecule has 1 aliphatic rings. The van der Waals surface area contributed by atoms with E-state index in [1.54, 1.807) is 50.2 Å². The summed E-state index contributed by atoms with van der Waals surface area (Å²) in [5, 5.41) is 4.26. The molecule has 1 saturated heterocycles. The molecule has 0 aliphatic carbocycles. The molecule has 216 valence electrons.